The number of non-ortho nitro benzene ring substituents is 1. The number of hydrogen-bond acceptors (Lipinski definition) is 5. The topological polar surface area (TPSA) is 139 Å². The number of nitrogens with zero attached hydrogens (tertiary/aromatic N) is 1. The number of benzene rings is 1. The van der Waals surface area contributed by atoms with E-state index in [1.54, 1.807) is 0 Å². The second-order valence-corrected chi connectivity index (χ2v) is 5.95. The van der Waals surface area contributed by atoms with E-state index >= 15 is 0 Å². The minimum atomic E-state index is -1.06. The van der Waals surface area contributed by atoms with Crippen molar-refractivity contribution in [1.29, 1.82) is 0 Å². The molecule has 1 aromatic rings. The summed E-state index contributed by atoms with van der Waals surface area (Å²) in [6.07, 6.45) is 2.36. The first kappa shape index (κ1) is 18.4. The van der Waals surface area contributed by atoms with Crippen LogP contribution in [0, 0.1) is 16.0 Å². The molecule has 134 valence electrons. The highest BCUT2D eigenvalue weighted by Gasteiger charge is 2.30. The third kappa shape index (κ3) is 5.87. The third-order valence-electron chi connectivity index (χ3n) is 3.88. The van der Waals surface area contributed by atoms with E-state index in [1.807, 2.05) is 0 Å². The molecule has 1 aliphatic rings. The Bertz CT molecular complexity index is 669. The Hall–Kier alpha value is -2.97. The molecule has 0 aromatic heterocycles. The van der Waals surface area contributed by atoms with Gasteiger partial charge in [-0.3, -0.25) is 19.7 Å². The number of nitrogens with one attached hydrogen (secondary N) is 2. The Kier molecular flexibility index (Phi) is 6.04. The standard InChI is InChI=1S/C16H19N3O6/c20-14(18-13(16(22)23)9-10-1-2-10)7-8-17-15(21)11-3-5-12(6-4-11)19(24)25/h3-6,10,13H,1-2,7-9H2,(H,17,21)(H,18,20)(H,22,23). The summed E-state index contributed by atoms with van der Waals surface area (Å²) >= 11 is 0. The molecule has 9 heteroatoms. The summed E-state index contributed by atoms with van der Waals surface area (Å²) in [6.45, 7) is 0.0391. The molecular formula is C16H19N3O6. The molecule has 1 atom stereocenters. The van der Waals surface area contributed by atoms with Gasteiger partial charge in [0.15, 0.2) is 0 Å². The van der Waals surface area contributed by atoms with E-state index in [4.69, 9.17) is 5.11 Å². The van der Waals surface area contributed by atoms with Gasteiger partial charge in [-0.05, 0) is 24.5 Å². The molecule has 25 heavy (non-hydrogen) atoms. The summed E-state index contributed by atoms with van der Waals surface area (Å²) in [5, 5.41) is 24.6. The predicted octanol–water partition coefficient (Wildman–Crippen LogP) is 1.08. The van der Waals surface area contributed by atoms with Gasteiger partial charge in [0.05, 0.1) is 4.92 Å². The van der Waals surface area contributed by atoms with Crippen LogP contribution in [0.5, 0.6) is 0 Å². The molecule has 1 aliphatic carbocycles. The minimum Gasteiger partial charge on any atom is -0.480 e. The van der Waals surface area contributed by atoms with Gasteiger partial charge in [0.25, 0.3) is 11.6 Å². The molecule has 1 aromatic carbocycles. The van der Waals surface area contributed by atoms with Crippen molar-refractivity contribution in [2.45, 2.75) is 31.7 Å². The second-order valence-electron chi connectivity index (χ2n) is 5.95. The number of carbonyl (C=O) groups excluding carboxylic acids is 2. The predicted molar refractivity (Wildman–Crippen MR) is 87.0 cm³/mol. The van der Waals surface area contributed by atoms with Crippen molar-refractivity contribution in [3.05, 3.63) is 39.9 Å². The normalized spacial score (nSPS) is 14.4. The summed E-state index contributed by atoms with van der Waals surface area (Å²) < 4.78 is 0. The monoisotopic (exact) mass is 349 g/mol. The highest BCUT2D eigenvalue weighted by molar-refractivity contribution is 5.94. The van der Waals surface area contributed by atoms with Crippen molar-refractivity contribution in [3.8, 4) is 0 Å². The largest absolute Gasteiger partial charge is 0.480 e. The fourth-order valence-electron chi connectivity index (χ4n) is 2.30. The lowest BCUT2D eigenvalue weighted by Gasteiger charge is -2.14. The maximum atomic E-state index is 11.9. The highest BCUT2D eigenvalue weighted by Crippen LogP contribution is 2.33. The zero-order valence-electron chi connectivity index (χ0n) is 13.4. The van der Waals surface area contributed by atoms with E-state index < -0.39 is 28.7 Å². The van der Waals surface area contributed by atoms with Crippen LogP contribution in [0.3, 0.4) is 0 Å². The van der Waals surface area contributed by atoms with Crippen LogP contribution >= 0.6 is 0 Å². The van der Waals surface area contributed by atoms with Crippen molar-refractivity contribution in [3.63, 3.8) is 0 Å². The van der Waals surface area contributed by atoms with Crippen LogP contribution in [0.2, 0.25) is 0 Å². The molecule has 1 saturated carbocycles. The molecule has 0 heterocycles. The van der Waals surface area contributed by atoms with Crippen molar-refractivity contribution in [2.75, 3.05) is 6.54 Å². The zero-order valence-corrected chi connectivity index (χ0v) is 13.4. The molecule has 3 N–H and O–H groups in total. The van der Waals surface area contributed by atoms with Crippen molar-refractivity contribution in [1.82, 2.24) is 10.6 Å². The molecule has 9 nitrogen and oxygen atoms in total. The van der Waals surface area contributed by atoms with Gasteiger partial charge in [0, 0.05) is 30.7 Å². The van der Waals surface area contributed by atoms with E-state index in [0.717, 1.165) is 12.8 Å². The first-order valence-electron chi connectivity index (χ1n) is 7.91. The third-order valence-corrected chi connectivity index (χ3v) is 3.88. The van der Waals surface area contributed by atoms with Crippen LogP contribution in [0.15, 0.2) is 24.3 Å². The number of nitro benzene ring substituents is 1. The van der Waals surface area contributed by atoms with Gasteiger partial charge in [-0.1, -0.05) is 12.8 Å². The summed E-state index contributed by atoms with van der Waals surface area (Å²) in [4.78, 5) is 44.8. The molecule has 2 rings (SSSR count). The highest BCUT2D eigenvalue weighted by atomic mass is 16.6. The number of amides is 2. The number of carbonyl (C=O) groups is 3. The molecule has 0 aliphatic heterocycles. The summed E-state index contributed by atoms with van der Waals surface area (Å²) in [7, 11) is 0. The number of hydrogen-bond donors (Lipinski definition) is 3. The molecule has 0 saturated heterocycles. The van der Waals surface area contributed by atoms with Crippen LogP contribution in [0.4, 0.5) is 5.69 Å². The number of carboxylic acids is 1. The Labute approximate surface area is 143 Å². The lowest BCUT2D eigenvalue weighted by atomic mass is 10.1. The second kappa shape index (κ2) is 8.22. The van der Waals surface area contributed by atoms with Crippen LogP contribution < -0.4 is 10.6 Å². The molecule has 1 unspecified atom stereocenters. The summed E-state index contributed by atoms with van der Waals surface area (Å²) in [6, 6.07) is 4.19. The Balaban J connectivity index is 1.74. The first-order chi connectivity index (χ1) is 11.9. The van der Waals surface area contributed by atoms with Crippen LogP contribution in [0.1, 0.15) is 36.0 Å². The number of nitro groups is 1. The number of carboxylic acid groups (broad SMARTS) is 1. The molecular weight excluding hydrogens is 330 g/mol. The first-order valence-corrected chi connectivity index (χ1v) is 7.91. The van der Waals surface area contributed by atoms with Crippen molar-refractivity contribution < 1.29 is 24.4 Å². The van der Waals surface area contributed by atoms with Gasteiger partial charge in [-0.25, -0.2) is 4.79 Å². The lowest BCUT2D eigenvalue weighted by molar-refractivity contribution is -0.384. The van der Waals surface area contributed by atoms with E-state index in [2.05, 4.69) is 10.6 Å². The number of rotatable bonds is 9. The van der Waals surface area contributed by atoms with Crippen LogP contribution in [0.25, 0.3) is 0 Å². The Morgan fingerprint density at radius 3 is 2.40 bits per heavy atom. The molecule has 2 amide bonds. The van der Waals surface area contributed by atoms with Gasteiger partial charge < -0.3 is 15.7 Å². The van der Waals surface area contributed by atoms with Gasteiger partial charge in [-0.2, -0.15) is 0 Å². The van der Waals surface area contributed by atoms with E-state index in [1.165, 1.54) is 24.3 Å². The fourth-order valence-corrected chi connectivity index (χ4v) is 2.30. The van der Waals surface area contributed by atoms with E-state index in [0.29, 0.717) is 12.3 Å². The molecule has 0 bridgehead atoms. The zero-order chi connectivity index (χ0) is 18.4. The quantitative estimate of drug-likeness (QED) is 0.450. The lowest BCUT2D eigenvalue weighted by Crippen LogP contribution is -2.42. The molecule has 0 radical (unpaired) electrons. The van der Waals surface area contributed by atoms with Gasteiger partial charge in [-0.15, -0.1) is 0 Å². The Morgan fingerprint density at radius 1 is 1.24 bits per heavy atom. The van der Waals surface area contributed by atoms with Gasteiger partial charge >= 0.3 is 5.97 Å². The number of aliphatic carboxylic acids is 1. The average Bonchev–Trinajstić information content (AvgIpc) is 3.38. The SMILES string of the molecule is O=C(CCNC(=O)c1ccc([N+](=O)[O-])cc1)NC(CC1CC1)C(=O)O. The van der Waals surface area contributed by atoms with Gasteiger partial charge in [0.2, 0.25) is 5.91 Å². The minimum absolute atomic E-state index is 0.0391. The maximum Gasteiger partial charge on any atom is 0.326 e. The molecule has 0 spiro atoms. The van der Waals surface area contributed by atoms with Crippen molar-refractivity contribution in [2.24, 2.45) is 5.92 Å². The summed E-state index contributed by atoms with van der Waals surface area (Å²) in [5.41, 5.74) is 0.120. The van der Waals surface area contributed by atoms with E-state index in [-0.39, 0.29) is 24.2 Å². The maximum absolute atomic E-state index is 11.9. The van der Waals surface area contributed by atoms with E-state index in [9.17, 15) is 24.5 Å². The summed E-state index contributed by atoms with van der Waals surface area (Å²) in [5.74, 6) is -1.61. The fraction of sp³-hybridized carbons (Fsp3) is 0.438. The Morgan fingerprint density at radius 2 is 1.88 bits per heavy atom. The molecule has 1 fully saturated rings. The smallest absolute Gasteiger partial charge is 0.326 e. The van der Waals surface area contributed by atoms with Gasteiger partial charge in [0.1, 0.15) is 6.04 Å². The van der Waals surface area contributed by atoms with Crippen LogP contribution in [-0.2, 0) is 9.59 Å². The van der Waals surface area contributed by atoms with Crippen LogP contribution in [-0.4, -0.2) is 40.4 Å². The van der Waals surface area contributed by atoms with Crippen molar-refractivity contribution >= 4 is 23.5 Å². The average molecular weight is 349 g/mol.